The predicted molar refractivity (Wildman–Crippen MR) is 65.0 cm³/mol. The third kappa shape index (κ3) is 2.05. The van der Waals surface area contributed by atoms with E-state index >= 15 is 0 Å². The number of tetrazole rings is 1. The standard InChI is InChI=1S/C12H14FN5/c13-10-4-9(5-11(14)6-10)12-15-16-17-18(12)7-8-2-1-3-8/h4-6,8H,1-3,7,14H2. The third-order valence-corrected chi connectivity index (χ3v) is 3.37. The van der Waals surface area contributed by atoms with Gasteiger partial charge in [-0.1, -0.05) is 6.42 Å². The minimum absolute atomic E-state index is 0.372. The van der Waals surface area contributed by atoms with Crippen LogP contribution in [-0.4, -0.2) is 20.2 Å². The molecule has 1 saturated carbocycles. The van der Waals surface area contributed by atoms with E-state index < -0.39 is 0 Å². The first-order valence-electron chi connectivity index (χ1n) is 6.05. The van der Waals surface area contributed by atoms with Gasteiger partial charge in [-0.05, 0) is 47.4 Å². The summed E-state index contributed by atoms with van der Waals surface area (Å²) >= 11 is 0. The highest BCUT2D eigenvalue weighted by Gasteiger charge is 2.20. The van der Waals surface area contributed by atoms with Crippen LogP contribution in [0.15, 0.2) is 18.2 Å². The lowest BCUT2D eigenvalue weighted by Gasteiger charge is -2.25. The van der Waals surface area contributed by atoms with Crippen LogP contribution in [0, 0.1) is 11.7 Å². The molecule has 1 heterocycles. The maximum atomic E-state index is 13.3. The second-order valence-corrected chi connectivity index (χ2v) is 4.75. The van der Waals surface area contributed by atoms with Gasteiger partial charge in [-0.25, -0.2) is 9.07 Å². The number of hydrogen-bond acceptors (Lipinski definition) is 4. The molecule has 1 aromatic carbocycles. The van der Waals surface area contributed by atoms with E-state index in [1.54, 1.807) is 10.7 Å². The monoisotopic (exact) mass is 247 g/mol. The Bertz CT molecular complexity index is 541. The summed E-state index contributed by atoms with van der Waals surface area (Å²) in [6, 6.07) is 4.37. The number of anilines is 1. The van der Waals surface area contributed by atoms with Crippen LogP contribution in [0.4, 0.5) is 10.1 Å². The SMILES string of the molecule is Nc1cc(F)cc(-c2nnnn2CC2CCC2)c1. The summed E-state index contributed by atoms with van der Waals surface area (Å²) in [6.45, 7) is 0.790. The van der Waals surface area contributed by atoms with Crippen molar-refractivity contribution in [1.29, 1.82) is 0 Å². The van der Waals surface area contributed by atoms with Crippen LogP contribution in [0.25, 0.3) is 11.4 Å². The van der Waals surface area contributed by atoms with Crippen molar-refractivity contribution in [2.75, 3.05) is 5.73 Å². The molecule has 0 saturated heterocycles. The van der Waals surface area contributed by atoms with E-state index in [0.29, 0.717) is 23.0 Å². The first-order valence-corrected chi connectivity index (χ1v) is 6.05. The Labute approximate surface area is 104 Å². The number of benzene rings is 1. The minimum Gasteiger partial charge on any atom is -0.399 e. The normalized spacial score (nSPS) is 15.6. The van der Waals surface area contributed by atoms with Crippen molar-refractivity contribution in [3.8, 4) is 11.4 Å². The zero-order valence-corrected chi connectivity index (χ0v) is 9.88. The molecule has 18 heavy (non-hydrogen) atoms. The summed E-state index contributed by atoms with van der Waals surface area (Å²) in [7, 11) is 0. The topological polar surface area (TPSA) is 69.6 Å². The minimum atomic E-state index is -0.372. The molecule has 1 aromatic heterocycles. The van der Waals surface area contributed by atoms with Crippen molar-refractivity contribution in [3.63, 3.8) is 0 Å². The van der Waals surface area contributed by atoms with Gasteiger partial charge in [0.25, 0.3) is 0 Å². The molecule has 5 nitrogen and oxygen atoms in total. The molecule has 94 valence electrons. The maximum Gasteiger partial charge on any atom is 0.182 e. The Morgan fingerprint density at radius 1 is 1.33 bits per heavy atom. The fourth-order valence-corrected chi connectivity index (χ4v) is 2.20. The molecule has 1 aliphatic rings. The summed E-state index contributed by atoms with van der Waals surface area (Å²) in [5, 5.41) is 11.6. The molecular weight excluding hydrogens is 233 g/mol. The van der Waals surface area contributed by atoms with Crippen molar-refractivity contribution in [2.24, 2.45) is 5.92 Å². The van der Waals surface area contributed by atoms with Crippen molar-refractivity contribution in [3.05, 3.63) is 24.0 Å². The summed E-state index contributed by atoms with van der Waals surface area (Å²) in [4.78, 5) is 0. The first kappa shape index (κ1) is 11.1. The van der Waals surface area contributed by atoms with E-state index in [-0.39, 0.29) is 5.82 Å². The van der Waals surface area contributed by atoms with E-state index in [9.17, 15) is 4.39 Å². The van der Waals surface area contributed by atoms with Crippen LogP contribution in [0.3, 0.4) is 0 Å². The van der Waals surface area contributed by atoms with Gasteiger partial charge in [-0.15, -0.1) is 5.10 Å². The van der Waals surface area contributed by atoms with Crippen molar-refractivity contribution in [2.45, 2.75) is 25.8 Å². The summed E-state index contributed by atoms with van der Waals surface area (Å²) in [5.41, 5.74) is 6.64. The van der Waals surface area contributed by atoms with Crippen LogP contribution in [0.1, 0.15) is 19.3 Å². The van der Waals surface area contributed by atoms with E-state index in [2.05, 4.69) is 15.5 Å². The number of nitrogens with two attached hydrogens (primary N) is 1. The molecule has 1 fully saturated rings. The fraction of sp³-hybridized carbons (Fsp3) is 0.417. The maximum absolute atomic E-state index is 13.3. The van der Waals surface area contributed by atoms with Crippen LogP contribution >= 0.6 is 0 Å². The molecule has 0 atom stereocenters. The molecule has 6 heteroatoms. The largest absolute Gasteiger partial charge is 0.399 e. The van der Waals surface area contributed by atoms with E-state index in [1.807, 2.05) is 0 Å². The van der Waals surface area contributed by atoms with Gasteiger partial charge in [0.1, 0.15) is 5.82 Å². The molecule has 2 N–H and O–H groups in total. The van der Waals surface area contributed by atoms with Gasteiger partial charge in [0.05, 0.1) is 0 Å². The first-order chi connectivity index (χ1) is 8.72. The highest BCUT2D eigenvalue weighted by atomic mass is 19.1. The van der Waals surface area contributed by atoms with Gasteiger partial charge in [-0.3, -0.25) is 0 Å². The van der Waals surface area contributed by atoms with Crippen LogP contribution < -0.4 is 5.73 Å². The van der Waals surface area contributed by atoms with Gasteiger partial charge >= 0.3 is 0 Å². The lowest BCUT2D eigenvalue weighted by atomic mass is 9.85. The van der Waals surface area contributed by atoms with Crippen molar-refractivity contribution < 1.29 is 4.39 Å². The Kier molecular flexibility index (Phi) is 2.70. The summed E-state index contributed by atoms with van der Waals surface area (Å²) < 4.78 is 15.1. The fourth-order valence-electron chi connectivity index (χ4n) is 2.20. The Morgan fingerprint density at radius 3 is 2.83 bits per heavy atom. The average Bonchev–Trinajstić information content (AvgIpc) is 2.70. The van der Waals surface area contributed by atoms with Gasteiger partial charge in [-0.2, -0.15) is 0 Å². The quantitative estimate of drug-likeness (QED) is 0.840. The number of nitrogen functional groups attached to an aromatic ring is 1. The molecule has 0 spiro atoms. The van der Waals surface area contributed by atoms with Crippen molar-refractivity contribution in [1.82, 2.24) is 20.2 Å². The average molecular weight is 247 g/mol. The lowest BCUT2D eigenvalue weighted by molar-refractivity contribution is 0.265. The van der Waals surface area contributed by atoms with Gasteiger partial charge in [0, 0.05) is 17.8 Å². The summed E-state index contributed by atoms with van der Waals surface area (Å²) in [6.07, 6.45) is 3.70. The van der Waals surface area contributed by atoms with Crippen LogP contribution in [0.2, 0.25) is 0 Å². The molecule has 1 aliphatic carbocycles. The molecule has 0 radical (unpaired) electrons. The third-order valence-electron chi connectivity index (χ3n) is 3.37. The van der Waals surface area contributed by atoms with Gasteiger partial charge in [0.2, 0.25) is 0 Å². The van der Waals surface area contributed by atoms with E-state index in [0.717, 1.165) is 6.54 Å². The highest BCUT2D eigenvalue weighted by Crippen LogP contribution is 2.29. The number of aromatic nitrogens is 4. The molecular formula is C12H14FN5. The van der Waals surface area contributed by atoms with Gasteiger partial charge in [0.15, 0.2) is 5.82 Å². The van der Waals surface area contributed by atoms with Gasteiger partial charge < -0.3 is 5.73 Å². The Hall–Kier alpha value is -1.98. The molecule has 3 rings (SSSR count). The van der Waals surface area contributed by atoms with E-state index in [4.69, 9.17) is 5.73 Å². The zero-order chi connectivity index (χ0) is 12.5. The lowest BCUT2D eigenvalue weighted by Crippen LogP contribution is -2.19. The number of halogens is 1. The Morgan fingerprint density at radius 2 is 2.17 bits per heavy atom. The molecule has 0 bridgehead atoms. The molecule has 0 amide bonds. The van der Waals surface area contributed by atoms with Crippen LogP contribution in [-0.2, 0) is 6.54 Å². The smallest absolute Gasteiger partial charge is 0.182 e. The van der Waals surface area contributed by atoms with Crippen LogP contribution in [0.5, 0.6) is 0 Å². The molecule has 0 aliphatic heterocycles. The number of rotatable bonds is 3. The molecule has 2 aromatic rings. The second-order valence-electron chi connectivity index (χ2n) is 4.75. The number of hydrogen-bond donors (Lipinski definition) is 1. The Balaban J connectivity index is 1.92. The zero-order valence-electron chi connectivity index (χ0n) is 9.88. The van der Waals surface area contributed by atoms with E-state index in [1.165, 1.54) is 31.4 Å². The number of nitrogens with zero attached hydrogens (tertiary/aromatic N) is 4. The van der Waals surface area contributed by atoms with Crippen molar-refractivity contribution >= 4 is 5.69 Å². The summed E-state index contributed by atoms with van der Waals surface area (Å²) in [5.74, 6) is 0.842. The second kappa shape index (κ2) is 4.36. The predicted octanol–water partition coefficient (Wildman–Crippen LogP) is 1.86. The highest BCUT2D eigenvalue weighted by molar-refractivity contribution is 5.61. The molecule has 0 unspecified atom stereocenters.